The van der Waals surface area contributed by atoms with Crippen LogP contribution in [0.15, 0.2) is 10.6 Å². The standard InChI is InChI=1S/C8H12N2S/c1-6(5-9)8(11-2)10-7-3-4-7/h7,10H,3-4H2,1-2H3/b8-6+. The molecule has 0 aromatic heterocycles. The number of hydrogen-bond acceptors (Lipinski definition) is 3. The maximum absolute atomic E-state index is 8.61. The zero-order valence-corrected chi connectivity index (χ0v) is 7.66. The van der Waals surface area contributed by atoms with Crippen LogP contribution < -0.4 is 5.32 Å². The number of nitriles is 1. The van der Waals surface area contributed by atoms with Crippen molar-refractivity contribution >= 4 is 11.8 Å². The molecule has 0 atom stereocenters. The second-order valence-corrected chi connectivity index (χ2v) is 3.51. The van der Waals surface area contributed by atoms with E-state index >= 15 is 0 Å². The molecule has 3 heteroatoms. The molecular formula is C8H12N2S. The van der Waals surface area contributed by atoms with Gasteiger partial charge in [-0.15, -0.1) is 11.8 Å². The van der Waals surface area contributed by atoms with Crippen molar-refractivity contribution in [3.8, 4) is 6.07 Å². The van der Waals surface area contributed by atoms with Crippen LogP contribution in [0.25, 0.3) is 0 Å². The Labute approximate surface area is 71.7 Å². The molecule has 2 nitrogen and oxygen atoms in total. The molecule has 1 rings (SSSR count). The molecule has 0 heterocycles. The van der Waals surface area contributed by atoms with E-state index < -0.39 is 0 Å². The van der Waals surface area contributed by atoms with Crippen molar-refractivity contribution in [1.82, 2.24) is 5.32 Å². The van der Waals surface area contributed by atoms with Gasteiger partial charge in [-0.3, -0.25) is 0 Å². The number of hydrogen-bond donors (Lipinski definition) is 1. The minimum Gasteiger partial charge on any atom is -0.376 e. The average molecular weight is 168 g/mol. The van der Waals surface area contributed by atoms with Crippen molar-refractivity contribution in [2.75, 3.05) is 6.26 Å². The first kappa shape index (κ1) is 8.48. The van der Waals surface area contributed by atoms with Crippen LogP contribution in [0.5, 0.6) is 0 Å². The first-order valence-electron chi connectivity index (χ1n) is 3.69. The Kier molecular flexibility index (Phi) is 2.84. The lowest BCUT2D eigenvalue weighted by Crippen LogP contribution is -2.14. The predicted molar refractivity (Wildman–Crippen MR) is 48.0 cm³/mol. The van der Waals surface area contributed by atoms with E-state index in [1.165, 1.54) is 12.8 Å². The highest BCUT2D eigenvalue weighted by molar-refractivity contribution is 8.02. The summed E-state index contributed by atoms with van der Waals surface area (Å²) < 4.78 is 0. The van der Waals surface area contributed by atoms with Gasteiger partial charge in [0, 0.05) is 6.04 Å². The molecule has 0 saturated heterocycles. The summed E-state index contributed by atoms with van der Waals surface area (Å²) >= 11 is 1.62. The molecular weight excluding hydrogens is 156 g/mol. The fraction of sp³-hybridized carbons (Fsp3) is 0.625. The van der Waals surface area contributed by atoms with Gasteiger partial charge in [0.05, 0.1) is 16.7 Å². The van der Waals surface area contributed by atoms with Crippen LogP contribution in [0.2, 0.25) is 0 Å². The van der Waals surface area contributed by atoms with E-state index in [2.05, 4.69) is 11.4 Å². The molecule has 1 saturated carbocycles. The summed E-state index contributed by atoms with van der Waals surface area (Å²) in [7, 11) is 0. The van der Waals surface area contributed by atoms with E-state index in [1.807, 2.05) is 13.2 Å². The quantitative estimate of drug-likeness (QED) is 0.653. The molecule has 0 aliphatic heterocycles. The minimum absolute atomic E-state index is 0.640. The van der Waals surface area contributed by atoms with E-state index in [0.717, 1.165) is 10.6 Å². The number of nitrogens with zero attached hydrogens (tertiary/aromatic N) is 1. The summed E-state index contributed by atoms with van der Waals surface area (Å²) in [6, 6.07) is 2.78. The first-order chi connectivity index (χ1) is 5.27. The average Bonchev–Trinajstić information content (AvgIpc) is 2.82. The summed E-state index contributed by atoms with van der Waals surface area (Å²) in [5.41, 5.74) is 0.796. The SMILES string of the molecule is CS/C(NC1CC1)=C(\C)C#N. The van der Waals surface area contributed by atoms with Gasteiger partial charge < -0.3 is 5.32 Å². The Balaban J connectivity index is 2.54. The molecule has 0 aromatic rings. The van der Waals surface area contributed by atoms with Crippen LogP contribution in [0.3, 0.4) is 0 Å². The van der Waals surface area contributed by atoms with Gasteiger partial charge in [-0.05, 0) is 26.0 Å². The van der Waals surface area contributed by atoms with E-state index in [0.29, 0.717) is 6.04 Å². The van der Waals surface area contributed by atoms with Gasteiger partial charge in [-0.1, -0.05) is 0 Å². The van der Waals surface area contributed by atoms with Gasteiger partial charge in [-0.25, -0.2) is 0 Å². The molecule has 0 radical (unpaired) electrons. The lowest BCUT2D eigenvalue weighted by atomic mass is 10.4. The van der Waals surface area contributed by atoms with Gasteiger partial charge in [0.2, 0.25) is 0 Å². The lowest BCUT2D eigenvalue weighted by Gasteiger charge is -2.06. The largest absolute Gasteiger partial charge is 0.376 e. The van der Waals surface area contributed by atoms with Crippen molar-refractivity contribution < 1.29 is 0 Å². The normalized spacial score (nSPS) is 18.6. The Morgan fingerprint density at radius 2 is 2.27 bits per heavy atom. The molecule has 11 heavy (non-hydrogen) atoms. The van der Waals surface area contributed by atoms with Crippen molar-refractivity contribution in [1.29, 1.82) is 5.26 Å². The zero-order valence-electron chi connectivity index (χ0n) is 6.85. The fourth-order valence-corrected chi connectivity index (χ4v) is 1.42. The van der Waals surface area contributed by atoms with Crippen LogP contribution in [0.4, 0.5) is 0 Å². The Morgan fingerprint density at radius 1 is 1.64 bits per heavy atom. The molecule has 1 aliphatic rings. The van der Waals surface area contributed by atoms with Crippen molar-refractivity contribution in [3.05, 3.63) is 10.6 Å². The summed E-state index contributed by atoms with van der Waals surface area (Å²) in [4.78, 5) is 0. The number of nitrogens with one attached hydrogen (secondary N) is 1. The van der Waals surface area contributed by atoms with Crippen molar-refractivity contribution in [2.24, 2.45) is 0 Å². The van der Waals surface area contributed by atoms with Gasteiger partial charge in [0.25, 0.3) is 0 Å². The zero-order chi connectivity index (χ0) is 8.27. The fourth-order valence-electron chi connectivity index (χ4n) is 0.784. The molecule has 1 aliphatic carbocycles. The van der Waals surface area contributed by atoms with Gasteiger partial charge in [-0.2, -0.15) is 5.26 Å². The van der Waals surface area contributed by atoms with E-state index in [9.17, 15) is 0 Å². The molecule has 1 N–H and O–H groups in total. The number of rotatable bonds is 3. The molecule has 60 valence electrons. The summed E-state index contributed by atoms with van der Waals surface area (Å²) in [5.74, 6) is 0. The third-order valence-electron chi connectivity index (χ3n) is 1.62. The Bertz CT molecular complexity index is 211. The van der Waals surface area contributed by atoms with Gasteiger partial charge in [0.1, 0.15) is 0 Å². The molecule has 0 unspecified atom stereocenters. The number of thioether (sulfide) groups is 1. The van der Waals surface area contributed by atoms with Crippen LogP contribution >= 0.6 is 11.8 Å². The summed E-state index contributed by atoms with van der Waals surface area (Å²) in [6.07, 6.45) is 4.50. The van der Waals surface area contributed by atoms with Crippen molar-refractivity contribution in [3.63, 3.8) is 0 Å². The van der Waals surface area contributed by atoms with Gasteiger partial charge in [0.15, 0.2) is 0 Å². The second-order valence-electron chi connectivity index (χ2n) is 2.69. The van der Waals surface area contributed by atoms with Crippen molar-refractivity contribution in [2.45, 2.75) is 25.8 Å². The third-order valence-corrected chi connectivity index (χ3v) is 2.46. The molecule has 0 aromatic carbocycles. The second kappa shape index (κ2) is 3.68. The Hall–Kier alpha value is -0.620. The Morgan fingerprint density at radius 3 is 2.64 bits per heavy atom. The van der Waals surface area contributed by atoms with E-state index in [-0.39, 0.29) is 0 Å². The van der Waals surface area contributed by atoms with E-state index in [4.69, 9.17) is 5.26 Å². The summed E-state index contributed by atoms with van der Waals surface area (Å²) in [6.45, 7) is 1.85. The van der Waals surface area contributed by atoms with E-state index in [1.54, 1.807) is 11.8 Å². The predicted octanol–water partition coefficient (Wildman–Crippen LogP) is 1.86. The van der Waals surface area contributed by atoms with Crippen LogP contribution in [-0.4, -0.2) is 12.3 Å². The van der Waals surface area contributed by atoms with Crippen LogP contribution in [0.1, 0.15) is 19.8 Å². The first-order valence-corrected chi connectivity index (χ1v) is 4.92. The maximum Gasteiger partial charge on any atom is 0.0971 e. The monoisotopic (exact) mass is 168 g/mol. The van der Waals surface area contributed by atoms with Gasteiger partial charge >= 0.3 is 0 Å². The maximum atomic E-state index is 8.61. The highest BCUT2D eigenvalue weighted by atomic mass is 32.2. The summed E-state index contributed by atoms with van der Waals surface area (Å²) in [5, 5.41) is 13.0. The van der Waals surface area contributed by atoms with Crippen LogP contribution in [0, 0.1) is 11.3 Å². The highest BCUT2D eigenvalue weighted by Gasteiger charge is 2.22. The molecule has 0 bridgehead atoms. The smallest absolute Gasteiger partial charge is 0.0971 e. The molecule has 0 amide bonds. The lowest BCUT2D eigenvalue weighted by molar-refractivity contribution is 0.843. The molecule has 0 spiro atoms. The third kappa shape index (κ3) is 2.47. The number of allylic oxidation sites excluding steroid dienone is 1. The van der Waals surface area contributed by atoms with Crippen LogP contribution in [-0.2, 0) is 0 Å². The molecule has 1 fully saturated rings. The minimum atomic E-state index is 0.640. The highest BCUT2D eigenvalue weighted by Crippen LogP contribution is 2.24. The topological polar surface area (TPSA) is 35.8 Å².